The Labute approximate surface area is 97.0 Å². The molecule has 0 atom stereocenters. The van der Waals surface area contributed by atoms with E-state index in [1.165, 1.54) is 0 Å². The van der Waals surface area contributed by atoms with E-state index in [2.05, 4.69) is 6.92 Å². The fourth-order valence-corrected chi connectivity index (χ4v) is 1.58. The van der Waals surface area contributed by atoms with E-state index in [1.807, 2.05) is 0 Å². The Bertz CT molecular complexity index is 231. The van der Waals surface area contributed by atoms with Crippen LogP contribution in [0.4, 0.5) is 0 Å². The van der Waals surface area contributed by atoms with E-state index in [0.29, 0.717) is 6.61 Å². The zero-order valence-electron chi connectivity index (χ0n) is 10.4. The van der Waals surface area contributed by atoms with Crippen LogP contribution in [0.5, 0.6) is 0 Å². The van der Waals surface area contributed by atoms with E-state index < -0.39 is 17.4 Å². The first-order chi connectivity index (χ1) is 7.55. The monoisotopic (exact) mass is 230 g/mol. The molecule has 0 bridgehead atoms. The van der Waals surface area contributed by atoms with Crippen molar-refractivity contribution in [1.29, 1.82) is 0 Å². The topological polar surface area (TPSA) is 63.6 Å². The van der Waals surface area contributed by atoms with Crippen LogP contribution in [0.3, 0.4) is 0 Å². The van der Waals surface area contributed by atoms with Crippen molar-refractivity contribution in [2.75, 3.05) is 6.61 Å². The van der Waals surface area contributed by atoms with Crippen molar-refractivity contribution in [3.63, 3.8) is 0 Å². The number of ether oxygens (including phenoxy) is 1. The highest BCUT2D eigenvalue weighted by atomic mass is 16.5. The quantitative estimate of drug-likeness (QED) is 0.395. The third kappa shape index (κ3) is 3.51. The van der Waals surface area contributed by atoms with Crippen molar-refractivity contribution in [2.24, 2.45) is 5.41 Å². The molecule has 0 spiro atoms. The summed E-state index contributed by atoms with van der Waals surface area (Å²) in [6, 6.07) is 0. The average Bonchev–Trinajstić information content (AvgIpc) is 2.26. The minimum atomic E-state index is -1.35. The SMILES string of the molecule is CCCCCOC(=O)C(CC)(CC)C(=O)O. The van der Waals surface area contributed by atoms with Crippen LogP contribution in [0, 0.1) is 5.41 Å². The van der Waals surface area contributed by atoms with Gasteiger partial charge in [-0.2, -0.15) is 0 Å². The molecule has 0 fully saturated rings. The van der Waals surface area contributed by atoms with Gasteiger partial charge in [0.1, 0.15) is 0 Å². The van der Waals surface area contributed by atoms with Gasteiger partial charge in [-0.15, -0.1) is 0 Å². The summed E-state index contributed by atoms with van der Waals surface area (Å²) in [5.74, 6) is -1.68. The third-order valence-corrected chi connectivity index (χ3v) is 2.99. The lowest BCUT2D eigenvalue weighted by Crippen LogP contribution is -2.39. The predicted molar refractivity (Wildman–Crippen MR) is 61.1 cm³/mol. The van der Waals surface area contributed by atoms with Crippen molar-refractivity contribution in [2.45, 2.75) is 52.9 Å². The maximum absolute atomic E-state index is 11.7. The molecule has 0 unspecified atom stereocenters. The summed E-state index contributed by atoms with van der Waals surface area (Å²) in [5, 5.41) is 9.10. The molecule has 1 N–H and O–H groups in total. The lowest BCUT2D eigenvalue weighted by molar-refractivity contribution is -0.169. The molecule has 4 heteroatoms. The maximum Gasteiger partial charge on any atom is 0.323 e. The third-order valence-electron chi connectivity index (χ3n) is 2.99. The Hall–Kier alpha value is -1.06. The number of carbonyl (C=O) groups excluding carboxylic acids is 1. The van der Waals surface area contributed by atoms with E-state index in [-0.39, 0.29) is 12.8 Å². The van der Waals surface area contributed by atoms with E-state index in [9.17, 15) is 9.59 Å². The first-order valence-electron chi connectivity index (χ1n) is 5.95. The minimum absolute atomic E-state index is 0.269. The van der Waals surface area contributed by atoms with Crippen molar-refractivity contribution in [1.82, 2.24) is 0 Å². The van der Waals surface area contributed by atoms with Crippen LogP contribution >= 0.6 is 0 Å². The summed E-state index contributed by atoms with van der Waals surface area (Å²) in [5.41, 5.74) is -1.35. The van der Waals surface area contributed by atoms with Crippen LogP contribution in [0.25, 0.3) is 0 Å². The minimum Gasteiger partial charge on any atom is -0.480 e. The highest BCUT2D eigenvalue weighted by Gasteiger charge is 2.44. The first kappa shape index (κ1) is 14.9. The number of esters is 1. The molecule has 0 aliphatic rings. The van der Waals surface area contributed by atoms with Crippen LogP contribution in [-0.2, 0) is 14.3 Å². The number of carboxylic acid groups (broad SMARTS) is 1. The Balaban J connectivity index is 4.34. The summed E-state index contributed by atoms with van der Waals surface area (Å²) in [7, 11) is 0. The largest absolute Gasteiger partial charge is 0.480 e. The molecule has 0 rings (SSSR count). The highest BCUT2D eigenvalue weighted by Crippen LogP contribution is 2.28. The van der Waals surface area contributed by atoms with Gasteiger partial charge in [0.05, 0.1) is 6.61 Å². The van der Waals surface area contributed by atoms with Crippen LogP contribution in [0.2, 0.25) is 0 Å². The van der Waals surface area contributed by atoms with E-state index in [0.717, 1.165) is 19.3 Å². The zero-order valence-corrected chi connectivity index (χ0v) is 10.4. The van der Waals surface area contributed by atoms with Crippen LogP contribution < -0.4 is 0 Å². The molecule has 94 valence electrons. The Morgan fingerprint density at radius 3 is 2.06 bits per heavy atom. The highest BCUT2D eigenvalue weighted by molar-refractivity contribution is 5.99. The van der Waals surface area contributed by atoms with Gasteiger partial charge in [0.2, 0.25) is 0 Å². The van der Waals surface area contributed by atoms with Gasteiger partial charge >= 0.3 is 11.9 Å². The molecule has 0 aromatic heterocycles. The molecule has 0 aliphatic heterocycles. The van der Waals surface area contributed by atoms with Gasteiger partial charge in [0.25, 0.3) is 0 Å². The lowest BCUT2D eigenvalue weighted by Gasteiger charge is -2.24. The number of hydrogen-bond acceptors (Lipinski definition) is 3. The molecule has 16 heavy (non-hydrogen) atoms. The summed E-state index contributed by atoms with van der Waals surface area (Å²) in [4.78, 5) is 22.8. The van der Waals surface area contributed by atoms with Crippen molar-refractivity contribution in [3.8, 4) is 0 Å². The second-order valence-electron chi connectivity index (χ2n) is 3.94. The van der Waals surface area contributed by atoms with Gasteiger partial charge < -0.3 is 9.84 Å². The molecule has 0 amide bonds. The van der Waals surface area contributed by atoms with E-state index in [1.54, 1.807) is 13.8 Å². The summed E-state index contributed by atoms with van der Waals surface area (Å²) < 4.78 is 5.03. The Morgan fingerprint density at radius 1 is 1.12 bits per heavy atom. The molecule has 0 aliphatic carbocycles. The van der Waals surface area contributed by atoms with Crippen molar-refractivity contribution in [3.05, 3.63) is 0 Å². The van der Waals surface area contributed by atoms with E-state index in [4.69, 9.17) is 9.84 Å². The second-order valence-corrected chi connectivity index (χ2v) is 3.94. The zero-order chi connectivity index (χ0) is 12.6. The maximum atomic E-state index is 11.7. The fourth-order valence-electron chi connectivity index (χ4n) is 1.58. The molecule has 0 radical (unpaired) electrons. The van der Waals surface area contributed by atoms with Gasteiger partial charge in [-0.25, -0.2) is 0 Å². The number of aliphatic carboxylic acids is 1. The fraction of sp³-hybridized carbons (Fsp3) is 0.833. The second kappa shape index (κ2) is 7.25. The van der Waals surface area contributed by atoms with E-state index >= 15 is 0 Å². The molecule has 0 saturated heterocycles. The number of hydrogen-bond donors (Lipinski definition) is 1. The lowest BCUT2D eigenvalue weighted by atomic mass is 9.82. The molecule has 0 heterocycles. The Morgan fingerprint density at radius 2 is 1.69 bits per heavy atom. The summed E-state index contributed by atoms with van der Waals surface area (Å²) in [6.45, 7) is 5.78. The molecule has 0 aromatic carbocycles. The van der Waals surface area contributed by atoms with Gasteiger partial charge in [-0.1, -0.05) is 33.6 Å². The molecule has 0 aromatic rings. The van der Waals surface area contributed by atoms with Crippen molar-refractivity contribution < 1.29 is 19.4 Å². The Kier molecular flexibility index (Phi) is 6.77. The number of carboxylic acids is 1. The predicted octanol–water partition coefficient (Wildman–Crippen LogP) is 2.61. The van der Waals surface area contributed by atoms with Gasteiger partial charge in [-0.3, -0.25) is 9.59 Å². The summed E-state index contributed by atoms with van der Waals surface area (Å²) in [6.07, 6.45) is 3.37. The van der Waals surface area contributed by atoms with Gasteiger partial charge in [0, 0.05) is 0 Å². The number of carbonyl (C=O) groups is 2. The first-order valence-corrected chi connectivity index (χ1v) is 5.95. The molecule has 4 nitrogen and oxygen atoms in total. The number of rotatable bonds is 8. The summed E-state index contributed by atoms with van der Waals surface area (Å²) >= 11 is 0. The standard InChI is InChI=1S/C12H22O4/c1-4-7-8-9-16-11(15)12(5-2,6-3)10(13)14/h4-9H2,1-3H3,(H,13,14). The number of unbranched alkanes of at least 4 members (excludes halogenated alkanes) is 2. The van der Waals surface area contributed by atoms with Crippen LogP contribution in [0.1, 0.15) is 52.9 Å². The van der Waals surface area contributed by atoms with Crippen molar-refractivity contribution >= 4 is 11.9 Å². The molecule has 0 saturated carbocycles. The molecular formula is C12H22O4. The smallest absolute Gasteiger partial charge is 0.323 e. The van der Waals surface area contributed by atoms with Gasteiger partial charge in [0.15, 0.2) is 5.41 Å². The van der Waals surface area contributed by atoms with Gasteiger partial charge in [-0.05, 0) is 19.3 Å². The normalized spacial score (nSPS) is 11.2. The van der Waals surface area contributed by atoms with Crippen LogP contribution in [0.15, 0.2) is 0 Å². The average molecular weight is 230 g/mol. The molecular weight excluding hydrogens is 208 g/mol. The van der Waals surface area contributed by atoms with Crippen LogP contribution in [-0.4, -0.2) is 23.7 Å².